The summed E-state index contributed by atoms with van der Waals surface area (Å²) in [5.74, 6) is -0.894. The fourth-order valence-electron chi connectivity index (χ4n) is 3.49. The van der Waals surface area contributed by atoms with Gasteiger partial charge in [0.05, 0.1) is 18.1 Å². The largest absolute Gasteiger partial charge is 0.466 e. The second kappa shape index (κ2) is 9.03. The van der Waals surface area contributed by atoms with Crippen LogP contribution in [0.2, 0.25) is 0 Å². The van der Waals surface area contributed by atoms with E-state index in [0.717, 1.165) is 11.1 Å². The standard InChI is InChI=1S/C26H34O4/c1-9-29-24(28)21(26(6,7)8)20-16-19(25(3,4)5)15-17(2)22(20)30-23(27)18-13-11-10-12-14-18/h10-16,21H,9H2,1-8H3. The third-order valence-corrected chi connectivity index (χ3v) is 5.07. The molecule has 0 aromatic heterocycles. The molecule has 0 spiro atoms. The Morgan fingerprint density at radius 1 is 0.967 bits per heavy atom. The van der Waals surface area contributed by atoms with Crippen molar-refractivity contribution in [3.63, 3.8) is 0 Å². The molecule has 2 aromatic carbocycles. The number of carbonyl (C=O) groups is 2. The van der Waals surface area contributed by atoms with Gasteiger partial charge in [-0.1, -0.05) is 71.9 Å². The van der Waals surface area contributed by atoms with Gasteiger partial charge in [-0.05, 0) is 47.9 Å². The van der Waals surface area contributed by atoms with E-state index in [0.29, 0.717) is 23.5 Å². The van der Waals surface area contributed by atoms with E-state index < -0.39 is 17.3 Å². The maximum absolute atomic E-state index is 13.0. The lowest BCUT2D eigenvalue weighted by Crippen LogP contribution is -2.30. The third kappa shape index (κ3) is 5.50. The molecule has 1 unspecified atom stereocenters. The van der Waals surface area contributed by atoms with Crippen LogP contribution in [0.4, 0.5) is 0 Å². The van der Waals surface area contributed by atoms with Crippen molar-refractivity contribution in [1.82, 2.24) is 0 Å². The van der Waals surface area contributed by atoms with Crippen molar-refractivity contribution in [2.24, 2.45) is 5.41 Å². The molecule has 0 N–H and O–H groups in total. The Hall–Kier alpha value is -2.62. The Bertz CT molecular complexity index is 899. The first kappa shape index (κ1) is 23.7. The average Bonchev–Trinajstić information content (AvgIpc) is 2.63. The number of rotatable bonds is 5. The summed E-state index contributed by atoms with van der Waals surface area (Å²) in [5.41, 5.74) is 2.50. The van der Waals surface area contributed by atoms with Crippen molar-refractivity contribution >= 4 is 11.9 Å². The Kier molecular flexibility index (Phi) is 7.12. The minimum atomic E-state index is -0.572. The zero-order chi connectivity index (χ0) is 22.7. The predicted octanol–water partition coefficient (Wildman–Crippen LogP) is 6.20. The fraction of sp³-hybridized carbons (Fsp3) is 0.462. The van der Waals surface area contributed by atoms with Gasteiger partial charge < -0.3 is 9.47 Å². The number of benzene rings is 2. The second-order valence-corrected chi connectivity index (χ2v) is 9.77. The van der Waals surface area contributed by atoms with E-state index >= 15 is 0 Å². The van der Waals surface area contributed by atoms with Crippen molar-refractivity contribution < 1.29 is 19.1 Å². The van der Waals surface area contributed by atoms with Gasteiger partial charge in [0, 0.05) is 5.56 Å². The van der Waals surface area contributed by atoms with Gasteiger partial charge >= 0.3 is 11.9 Å². The monoisotopic (exact) mass is 410 g/mol. The maximum Gasteiger partial charge on any atom is 0.343 e. The summed E-state index contributed by atoms with van der Waals surface area (Å²) in [6.45, 7) is 16.4. The average molecular weight is 411 g/mol. The summed E-state index contributed by atoms with van der Waals surface area (Å²) in [7, 11) is 0. The molecule has 0 amide bonds. The molecule has 0 fully saturated rings. The van der Waals surface area contributed by atoms with Gasteiger partial charge in [-0.15, -0.1) is 0 Å². The molecule has 2 aromatic rings. The SMILES string of the molecule is CCOC(=O)C(c1cc(C(C)(C)C)cc(C)c1OC(=O)c1ccccc1)C(C)(C)C. The summed E-state index contributed by atoms with van der Waals surface area (Å²) in [4.78, 5) is 25.8. The van der Waals surface area contributed by atoms with Crippen molar-refractivity contribution in [2.45, 2.75) is 66.7 Å². The second-order valence-electron chi connectivity index (χ2n) is 9.77. The van der Waals surface area contributed by atoms with Gasteiger partial charge in [-0.25, -0.2) is 4.79 Å². The number of esters is 2. The van der Waals surface area contributed by atoms with Crippen LogP contribution in [0.5, 0.6) is 5.75 Å². The van der Waals surface area contributed by atoms with Gasteiger partial charge in [0.2, 0.25) is 0 Å². The number of ether oxygens (including phenoxy) is 2. The maximum atomic E-state index is 13.0. The van der Waals surface area contributed by atoms with Gasteiger partial charge in [0.1, 0.15) is 5.75 Å². The van der Waals surface area contributed by atoms with Crippen LogP contribution in [0.15, 0.2) is 42.5 Å². The molecule has 0 aliphatic carbocycles. The summed E-state index contributed by atoms with van der Waals surface area (Å²) >= 11 is 0. The van der Waals surface area contributed by atoms with E-state index in [-0.39, 0.29) is 11.4 Å². The van der Waals surface area contributed by atoms with E-state index in [1.807, 2.05) is 45.9 Å². The molecule has 0 aliphatic heterocycles. The normalized spacial score (nSPS) is 12.9. The molecule has 0 aliphatic rings. The van der Waals surface area contributed by atoms with Crippen LogP contribution in [0, 0.1) is 12.3 Å². The third-order valence-electron chi connectivity index (χ3n) is 5.07. The van der Waals surface area contributed by atoms with Crippen molar-refractivity contribution in [3.8, 4) is 5.75 Å². The Morgan fingerprint density at radius 2 is 1.57 bits per heavy atom. The molecule has 0 saturated carbocycles. The molecule has 162 valence electrons. The zero-order valence-corrected chi connectivity index (χ0v) is 19.5. The van der Waals surface area contributed by atoms with Gasteiger partial charge in [-0.2, -0.15) is 0 Å². The minimum absolute atomic E-state index is 0.126. The van der Waals surface area contributed by atoms with Crippen LogP contribution >= 0.6 is 0 Å². The summed E-state index contributed by atoms with van der Waals surface area (Å²) in [5, 5.41) is 0. The molecule has 0 radical (unpaired) electrons. The highest BCUT2D eigenvalue weighted by Crippen LogP contribution is 2.44. The molecule has 1 atom stereocenters. The first-order valence-corrected chi connectivity index (χ1v) is 10.4. The lowest BCUT2D eigenvalue weighted by Gasteiger charge is -2.32. The van der Waals surface area contributed by atoms with Crippen LogP contribution in [-0.2, 0) is 14.9 Å². The smallest absolute Gasteiger partial charge is 0.343 e. The topological polar surface area (TPSA) is 52.6 Å². The van der Waals surface area contributed by atoms with E-state index in [2.05, 4.69) is 20.8 Å². The molecular weight excluding hydrogens is 376 g/mol. The lowest BCUT2D eigenvalue weighted by atomic mass is 9.74. The molecule has 2 rings (SSSR count). The number of aryl methyl sites for hydroxylation is 1. The van der Waals surface area contributed by atoms with Crippen LogP contribution in [0.3, 0.4) is 0 Å². The summed E-state index contributed by atoms with van der Waals surface area (Å²) in [6.07, 6.45) is 0. The van der Waals surface area contributed by atoms with Crippen LogP contribution in [0.1, 0.15) is 81.4 Å². The van der Waals surface area contributed by atoms with Crippen LogP contribution < -0.4 is 4.74 Å². The van der Waals surface area contributed by atoms with E-state index in [1.54, 1.807) is 31.2 Å². The summed E-state index contributed by atoms with van der Waals surface area (Å²) < 4.78 is 11.3. The van der Waals surface area contributed by atoms with E-state index in [4.69, 9.17) is 9.47 Å². The molecule has 0 bridgehead atoms. The summed E-state index contributed by atoms with van der Waals surface area (Å²) in [6, 6.07) is 12.9. The predicted molar refractivity (Wildman–Crippen MR) is 120 cm³/mol. The van der Waals surface area contributed by atoms with Crippen molar-refractivity contribution in [3.05, 3.63) is 64.7 Å². The van der Waals surface area contributed by atoms with E-state index in [9.17, 15) is 9.59 Å². The van der Waals surface area contributed by atoms with Gasteiger partial charge in [0.15, 0.2) is 0 Å². The quantitative estimate of drug-likeness (QED) is 0.435. The Morgan fingerprint density at radius 3 is 2.07 bits per heavy atom. The molecular formula is C26H34O4. The first-order chi connectivity index (χ1) is 13.9. The Balaban J connectivity index is 2.68. The highest BCUT2D eigenvalue weighted by Gasteiger charge is 2.38. The molecule has 0 heterocycles. The van der Waals surface area contributed by atoms with Crippen molar-refractivity contribution in [1.29, 1.82) is 0 Å². The lowest BCUT2D eigenvalue weighted by molar-refractivity contribution is -0.147. The Labute approximate surface area is 180 Å². The number of carbonyl (C=O) groups excluding carboxylic acids is 2. The van der Waals surface area contributed by atoms with E-state index in [1.165, 1.54) is 0 Å². The molecule has 0 saturated heterocycles. The zero-order valence-electron chi connectivity index (χ0n) is 19.5. The highest BCUT2D eigenvalue weighted by atomic mass is 16.5. The van der Waals surface area contributed by atoms with Crippen LogP contribution in [0.25, 0.3) is 0 Å². The number of hydrogen-bond acceptors (Lipinski definition) is 4. The molecule has 4 nitrogen and oxygen atoms in total. The first-order valence-electron chi connectivity index (χ1n) is 10.4. The van der Waals surface area contributed by atoms with Gasteiger partial charge in [-0.3, -0.25) is 4.79 Å². The van der Waals surface area contributed by atoms with Crippen LogP contribution in [-0.4, -0.2) is 18.5 Å². The fourth-order valence-corrected chi connectivity index (χ4v) is 3.49. The molecule has 4 heteroatoms. The highest BCUT2D eigenvalue weighted by molar-refractivity contribution is 5.92. The minimum Gasteiger partial charge on any atom is -0.466 e. The van der Waals surface area contributed by atoms with Gasteiger partial charge in [0.25, 0.3) is 0 Å². The molecule has 30 heavy (non-hydrogen) atoms. The number of hydrogen-bond donors (Lipinski definition) is 0. The van der Waals surface area contributed by atoms with Crippen molar-refractivity contribution in [2.75, 3.05) is 6.61 Å².